The number of rotatable bonds is 9. The van der Waals surface area contributed by atoms with Crippen molar-refractivity contribution in [3.8, 4) is 0 Å². The third-order valence-corrected chi connectivity index (χ3v) is 5.29. The van der Waals surface area contributed by atoms with Crippen molar-refractivity contribution in [2.45, 2.75) is 31.8 Å². The zero-order valence-electron chi connectivity index (χ0n) is 15.8. The normalized spacial score (nSPS) is 18.9. The molecule has 4 nitrogen and oxygen atoms in total. The van der Waals surface area contributed by atoms with Crippen molar-refractivity contribution in [1.82, 2.24) is 4.90 Å². The number of benzene rings is 2. The molecule has 2 atom stereocenters. The molecular weight excluding hydrogens is 338 g/mol. The minimum Gasteiger partial charge on any atom is -0.481 e. The first kappa shape index (κ1) is 19.6. The van der Waals surface area contributed by atoms with Crippen LogP contribution in [0.2, 0.25) is 0 Å². The summed E-state index contributed by atoms with van der Waals surface area (Å²) in [6.07, 6.45) is 3.71. The molecule has 0 amide bonds. The topological polar surface area (TPSA) is 49.8 Å². The maximum absolute atomic E-state index is 11.2. The van der Waals surface area contributed by atoms with Crippen LogP contribution in [0.15, 0.2) is 60.7 Å². The van der Waals surface area contributed by atoms with Gasteiger partial charge in [0.15, 0.2) is 0 Å². The van der Waals surface area contributed by atoms with Crippen LogP contribution in [0.3, 0.4) is 0 Å². The molecule has 0 spiro atoms. The summed E-state index contributed by atoms with van der Waals surface area (Å²) < 4.78 is 6.26. The van der Waals surface area contributed by atoms with Crippen molar-refractivity contribution in [1.29, 1.82) is 0 Å². The van der Waals surface area contributed by atoms with Gasteiger partial charge in [-0.3, -0.25) is 4.79 Å². The fraction of sp³-hybridized carbons (Fsp3) is 0.435. The van der Waals surface area contributed by atoms with Gasteiger partial charge in [-0.2, -0.15) is 0 Å². The minimum atomic E-state index is -0.675. The van der Waals surface area contributed by atoms with Crippen molar-refractivity contribution in [2.75, 3.05) is 26.2 Å². The quantitative estimate of drug-likeness (QED) is 0.722. The van der Waals surface area contributed by atoms with Crippen LogP contribution in [0.1, 0.15) is 36.5 Å². The van der Waals surface area contributed by atoms with Crippen molar-refractivity contribution in [2.24, 2.45) is 5.92 Å². The predicted octanol–water partition coefficient (Wildman–Crippen LogP) is 4.17. The van der Waals surface area contributed by atoms with E-state index in [0.717, 1.165) is 38.8 Å². The second-order valence-corrected chi connectivity index (χ2v) is 7.27. The molecule has 27 heavy (non-hydrogen) atoms. The van der Waals surface area contributed by atoms with E-state index in [2.05, 4.69) is 53.4 Å². The van der Waals surface area contributed by atoms with Gasteiger partial charge >= 0.3 is 5.97 Å². The number of aryl methyl sites for hydroxylation is 1. The molecule has 144 valence electrons. The highest BCUT2D eigenvalue weighted by Crippen LogP contribution is 2.24. The molecule has 1 heterocycles. The molecule has 2 aromatic rings. The van der Waals surface area contributed by atoms with Crippen LogP contribution in [-0.4, -0.2) is 42.2 Å². The number of carbonyl (C=O) groups is 1. The lowest BCUT2D eigenvalue weighted by Gasteiger charge is -2.31. The van der Waals surface area contributed by atoms with E-state index in [-0.39, 0.29) is 12.0 Å². The highest BCUT2D eigenvalue weighted by Gasteiger charge is 2.25. The summed E-state index contributed by atoms with van der Waals surface area (Å²) in [6.45, 7) is 3.02. The Kier molecular flexibility index (Phi) is 7.43. The zero-order valence-corrected chi connectivity index (χ0v) is 15.8. The van der Waals surface area contributed by atoms with Gasteiger partial charge < -0.3 is 14.7 Å². The van der Waals surface area contributed by atoms with Gasteiger partial charge in [0.2, 0.25) is 0 Å². The molecule has 0 aromatic heterocycles. The first-order valence-electron chi connectivity index (χ1n) is 9.88. The number of ether oxygens (including phenoxy) is 1. The first-order valence-corrected chi connectivity index (χ1v) is 9.88. The van der Waals surface area contributed by atoms with Crippen molar-refractivity contribution >= 4 is 5.97 Å². The smallest absolute Gasteiger partial charge is 0.307 e. The molecule has 1 N–H and O–H groups in total. The summed E-state index contributed by atoms with van der Waals surface area (Å²) in [6, 6.07) is 20.9. The number of likely N-dealkylation sites (tertiary alicyclic amines) is 1. The molecule has 0 aliphatic carbocycles. The lowest BCUT2D eigenvalue weighted by Crippen LogP contribution is -2.40. The molecule has 1 aliphatic rings. The number of nitrogens with zero attached hydrogens (tertiary/aromatic N) is 1. The monoisotopic (exact) mass is 367 g/mol. The molecule has 4 heteroatoms. The molecule has 3 rings (SSSR count). The van der Waals surface area contributed by atoms with Gasteiger partial charge in [-0.05, 0) is 43.4 Å². The molecular formula is C23H29NO3. The fourth-order valence-corrected chi connectivity index (χ4v) is 3.74. The second kappa shape index (κ2) is 10.2. The highest BCUT2D eigenvalue weighted by atomic mass is 16.5. The summed E-state index contributed by atoms with van der Waals surface area (Å²) in [4.78, 5) is 13.5. The van der Waals surface area contributed by atoms with Crippen LogP contribution in [0.5, 0.6) is 0 Å². The highest BCUT2D eigenvalue weighted by molar-refractivity contribution is 5.70. The Balaban J connectivity index is 1.53. The second-order valence-electron chi connectivity index (χ2n) is 7.27. The van der Waals surface area contributed by atoms with Gasteiger partial charge in [-0.25, -0.2) is 0 Å². The average molecular weight is 367 g/mol. The van der Waals surface area contributed by atoms with Crippen LogP contribution < -0.4 is 0 Å². The standard InChI is InChI=1S/C23H29NO3/c25-23(26)21-12-7-15-24(18-21)16-17-27-22(20-10-5-2-6-11-20)14-13-19-8-3-1-4-9-19/h1-6,8-11,21-22H,7,12-18H2,(H,25,26). The van der Waals surface area contributed by atoms with E-state index in [4.69, 9.17) is 4.74 Å². The van der Waals surface area contributed by atoms with Gasteiger partial charge in [0.05, 0.1) is 18.6 Å². The largest absolute Gasteiger partial charge is 0.481 e. The van der Waals surface area contributed by atoms with E-state index in [1.54, 1.807) is 0 Å². The van der Waals surface area contributed by atoms with Gasteiger partial charge in [0.25, 0.3) is 0 Å². The summed E-state index contributed by atoms with van der Waals surface area (Å²) >= 11 is 0. The molecule has 1 aliphatic heterocycles. The maximum Gasteiger partial charge on any atom is 0.307 e. The van der Waals surface area contributed by atoms with Crippen LogP contribution in [-0.2, 0) is 16.0 Å². The van der Waals surface area contributed by atoms with Crippen molar-refractivity contribution in [3.63, 3.8) is 0 Å². The number of piperidine rings is 1. The number of carboxylic acid groups (broad SMARTS) is 1. The maximum atomic E-state index is 11.2. The first-order chi connectivity index (χ1) is 13.2. The van der Waals surface area contributed by atoms with E-state index < -0.39 is 5.97 Å². The number of aliphatic carboxylic acids is 1. The summed E-state index contributed by atoms with van der Waals surface area (Å²) in [5.74, 6) is -0.910. The third kappa shape index (κ3) is 6.19. The van der Waals surface area contributed by atoms with E-state index in [0.29, 0.717) is 13.2 Å². The van der Waals surface area contributed by atoms with Gasteiger partial charge in [0.1, 0.15) is 0 Å². The number of hydrogen-bond donors (Lipinski definition) is 1. The zero-order chi connectivity index (χ0) is 18.9. The lowest BCUT2D eigenvalue weighted by atomic mass is 9.98. The van der Waals surface area contributed by atoms with Crippen LogP contribution in [0.4, 0.5) is 0 Å². The lowest BCUT2D eigenvalue weighted by molar-refractivity contribution is -0.143. The SMILES string of the molecule is O=C(O)C1CCCN(CCOC(CCc2ccccc2)c2ccccc2)C1. The van der Waals surface area contributed by atoms with E-state index in [1.165, 1.54) is 11.1 Å². The summed E-state index contributed by atoms with van der Waals surface area (Å²) in [5, 5.41) is 9.24. The summed E-state index contributed by atoms with van der Waals surface area (Å²) in [7, 11) is 0. The Morgan fingerprint density at radius 1 is 1.11 bits per heavy atom. The van der Waals surface area contributed by atoms with Crippen molar-refractivity contribution in [3.05, 3.63) is 71.8 Å². The Labute approximate surface area is 161 Å². The van der Waals surface area contributed by atoms with Crippen molar-refractivity contribution < 1.29 is 14.6 Å². The van der Waals surface area contributed by atoms with E-state index in [9.17, 15) is 9.90 Å². The van der Waals surface area contributed by atoms with E-state index in [1.807, 2.05) is 12.1 Å². The van der Waals surface area contributed by atoms with E-state index >= 15 is 0 Å². The minimum absolute atomic E-state index is 0.0615. The predicted molar refractivity (Wildman–Crippen MR) is 107 cm³/mol. The van der Waals surface area contributed by atoms with Crippen LogP contribution in [0.25, 0.3) is 0 Å². The molecule has 0 radical (unpaired) electrons. The Hall–Kier alpha value is -2.17. The molecule has 2 aromatic carbocycles. The van der Waals surface area contributed by atoms with Gasteiger partial charge in [-0.15, -0.1) is 0 Å². The molecule has 2 unspecified atom stereocenters. The molecule has 0 saturated carbocycles. The fourth-order valence-electron chi connectivity index (χ4n) is 3.74. The Bertz CT molecular complexity index is 689. The molecule has 1 fully saturated rings. The van der Waals surface area contributed by atoms with Crippen LogP contribution in [0, 0.1) is 5.92 Å². The van der Waals surface area contributed by atoms with Gasteiger partial charge in [-0.1, -0.05) is 60.7 Å². The average Bonchev–Trinajstić information content (AvgIpc) is 2.72. The number of carboxylic acids is 1. The third-order valence-electron chi connectivity index (χ3n) is 5.29. The summed E-state index contributed by atoms with van der Waals surface area (Å²) in [5.41, 5.74) is 2.53. The number of hydrogen-bond acceptors (Lipinski definition) is 3. The Morgan fingerprint density at radius 3 is 2.52 bits per heavy atom. The Morgan fingerprint density at radius 2 is 1.81 bits per heavy atom. The molecule has 1 saturated heterocycles. The van der Waals surface area contributed by atoms with Gasteiger partial charge in [0, 0.05) is 13.1 Å². The van der Waals surface area contributed by atoms with Crippen LogP contribution >= 0.6 is 0 Å². The molecule has 0 bridgehead atoms.